The average Bonchev–Trinajstić information content (AvgIpc) is 2.36. The lowest BCUT2D eigenvalue weighted by molar-refractivity contribution is -0.120. The maximum Gasteiger partial charge on any atom is 0.224 e. The van der Waals surface area contributed by atoms with Crippen LogP contribution in [-0.2, 0) is 16.0 Å². The van der Waals surface area contributed by atoms with E-state index in [1.807, 2.05) is 12.1 Å². The zero-order valence-corrected chi connectivity index (χ0v) is 10.9. The number of rotatable bonds is 8. The fraction of sp³-hybridized carbons (Fsp3) is 0.500. The maximum absolute atomic E-state index is 11.6. The number of amides is 1. The highest BCUT2D eigenvalue weighted by atomic mass is 16.5. The zero-order chi connectivity index (χ0) is 13.2. The molecular formula is C14H22N2O2. The fourth-order valence-corrected chi connectivity index (χ4v) is 1.49. The molecule has 0 saturated heterocycles. The number of hydrogen-bond donors (Lipinski definition) is 2. The molecule has 18 heavy (non-hydrogen) atoms. The summed E-state index contributed by atoms with van der Waals surface area (Å²) in [5, 5.41) is 2.83. The van der Waals surface area contributed by atoms with Gasteiger partial charge in [-0.1, -0.05) is 25.5 Å². The van der Waals surface area contributed by atoms with Crippen molar-refractivity contribution in [2.24, 2.45) is 0 Å². The molecular weight excluding hydrogens is 228 g/mol. The van der Waals surface area contributed by atoms with Gasteiger partial charge in [0.1, 0.15) is 0 Å². The molecule has 1 aromatic rings. The number of benzene rings is 1. The molecule has 0 unspecified atom stereocenters. The number of unbranched alkanes of at least 4 members (excludes halogenated alkanes) is 1. The van der Waals surface area contributed by atoms with Crippen LogP contribution in [0.4, 0.5) is 5.69 Å². The molecule has 4 nitrogen and oxygen atoms in total. The highest BCUT2D eigenvalue weighted by Crippen LogP contribution is 2.05. The van der Waals surface area contributed by atoms with Crippen molar-refractivity contribution >= 4 is 11.6 Å². The van der Waals surface area contributed by atoms with Crippen LogP contribution < -0.4 is 11.1 Å². The van der Waals surface area contributed by atoms with Gasteiger partial charge >= 0.3 is 0 Å². The molecule has 0 fully saturated rings. The monoisotopic (exact) mass is 250 g/mol. The molecule has 0 aliphatic rings. The average molecular weight is 250 g/mol. The predicted molar refractivity (Wildman–Crippen MR) is 73.3 cm³/mol. The standard InChI is InChI=1S/C14H22N2O2/c1-2-3-9-18-10-8-16-14(17)11-12-4-6-13(15)7-5-12/h4-7H,2-3,8-11,15H2,1H3,(H,16,17). The zero-order valence-electron chi connectivity index (χ0n) is 10.9. The minimum atomic E-state index is 0.0128. The number of nitrogen functional groups attached to an aromatic ring is 1. The van der Waals surface area contributed by atoms with Crippen molar-refractivity contribution in [3.63, 3.8) is 0 Å². The van der Waals surface area contributed by atoms with Crippen molar-refractivity contribution in [2.75, 3.05) is 25.5 Å². The van der Waals surface area contributed by atoms with Crippen LogP contribution in [0.5, 0.6) is 0 Å². The van der Waals surface area contributed by atoms with Crippen molar-refractivity contribution in [3.8, 4) is 0 Å². The molecule has 0 atom stereocenters. The van der Waals surface area contributed by atoms with E-state index < -0.39 is 0 Å². The Kier molecular flexibility index (Phi) is 6.87. The van der Waals surface area contributed by atoms with Crippen LogP contribution in [0.2, 0.25) is 0 Å². The van der Waals surface area contributed by atoms with E-state index >= 15 is 0 Å². The van der Waals surface area contributed by atoms with Crippen LogP contribution in [0, 0.1) is 0 Å². The Balaban J connectivity index is 2.12. The first-order valence-electron chi connectivity index (χ1n) is 6.41. The molecule has 0 saturated carbocycles. The van der Waals surface area contributed by atoms with Gasteiger partial charge in [-0.05, 0) is 24.1 Å². The number of nitrogens with one attached hydrogen (secondary N) is 1. The third-order valence-electron chi connectivity index (χ3n) is 2.56. The van der Waals surface area contributed by atoms with Crippen LogP contribution in [-0.4, -0.2) is 25.7 Å². The van der Waals surface area contributed by atoms with Crippen molar-refractivity contribution < 1.29 is 9.53 Å². The van der Waals surface area contributed by atoms with Crippen molar-refractivity contribution in [2.45, 2.75) is 26.2 Å². The number of hydrogen-bond acceptors (Lipinski definition) is 3. The molecule has 0 aromatic heterocycles. The summed E-state index contributed by atoms with van der Waals surface area (Å²) in [6.07, 6.45) is 2.58. The Morgan fingerprint density at radius 1 is 1.28 bits per heavy atom. The molecule has 3 N–H and O–H groups in total. The third kappa shape index (κ3) is 6.25. The van der Waals surface area contributed by atoms with Crippen molar-refractivity contribution in [3.05, 3.63) is 29.8 Å². The van der Waals surface area contributed by atoms with E-state index in [4.69, 9.17) is 10.5 Å². The first-order chi connectivity index (χ1) is 8.72. The molecule has 0 bridgehead atoms. The van der Waals surface area contributed by atoms with E-state index in [1.54, 1.807) is 12.1 Å². The minimum Gasteiger partial charge on any atom is -0.399 e. The molecule has 100 valence electrons. The Morgan fingerprint density at radius 3 is 2.67 bits per heavy atom. The van der Waals surface area contributed by atoms with Gasteiger partial charge in [-0.25, -0.2) is 0 Å². The van der Waals surface area contributed by atoms with Gasteiger partial charge in [0.2, 0.25) is 5.91 Å². The Hall–Kier alpha value is -1.55. The van der Waals surface area contributed by atoms with Crippen molar-refractivity contribution in [1.29, 1.82) is 0 Å². The summed E-state index contributed by atoms with van der Waals surface area (Å²) < 4.78 is 5.36. The van der Waals surface area contributed by atoms with Gasteiger partial charge in [0.25, 0.3) is 0 Å². The molecule has 0 spiro atoms. The highest BCUT2D eigenvalue weighted by molar-refractivity contribution is 5.78. The second-order valence-electron chi connectivity index (χ2n) is 4.23. The lowest BCUT2D eigenvalue weighted by atomic mass is 10.1. The van der Waals surface area contributed by atoms with E-state index in [-0.39, 0.29) is 5.91 Å². The van der Waals surface area contributed by atoms with Crippen LogP contribution in [0.3, 0.4) is 0 Å². The summed E-state index contributed by atoms with van der Waals surface area (Å²) in [5.74, 6) is 0.0128. The Bertz CT molecular complexity index is 349. The number of ether oxygens (including phenoxy) is 1. The first-order valence-corrected chi connectivity index (χ1v) is 6.41. The summed E-state index contributed by atoms with van der Waals surface area (Å²) in [7, 11) is 0. The first kappa shape index (κ1) is 14.5. The topological polar surface area (TPSA) is 64.3 Å². The maximum atomic E-state index is 11.6. The van der Waals surface area contributed by atoms with Gasteiger partial charge < -0.3 is 15.8 Å². The van der Waals surface area contributed by atoms with Gasteiger partial charge in [-0.2, -0.15) is 0 Å². The lowest BCUT2D eigenvalue weighted by Gasteiger charge is -2.06. The number of nitrogens with two attached hydrogens (primary N) is 1. The second kappa shape index (κ2) is 8.53. The molecule has 1 amide bonds. The molecule has 0 radical (unpaired) electrons. The minimum absolute atomic E-state index is 0.0128. The highest BCUT2D eigenvalue weighted by Gasteiger charge is 2.02. The van der Waals surface area contributed by atoms with Crippen LogP contribution >= 0.6 is 0 Å². The van der Waals surface area contributed by atoms with E-state index in [0.29, 0.717) is 25.3 Å². The number of carbonyl (C=O) groups excluding carboxylic acids is 1. The Morgan fingerprint density at radius 2 is 2.00 bits per heavy atom. The summed E-state index contributed by atoms with van der Waals surface area (Å²) >= 11 is 0. The van der Waals surface area contributed by atoms with Crippen molar-refractivity contribution in [1.82, 2.24) is 5.32 Å². The second-order valence-corrected chi connectivity index (χ2v) is 4.23. The van der Waals surface area contributed by atoms with E-state index in [2.05, 4.69) is 12.2 Å². The van der Waals surface area contributed by atoms with E-state index in [0.717, 1.165) is 25.0 Å². The van der Waals surface area contributed by atoms with Crippen LogP contribution in [0.15, 0.2) is 24.3 Å². The Labute approximate surface area is 109 Å². The molecule has 0 aliphatic heterocycles. The summed E-state index contributed by atoms with van der Waals surface area (Å²) in [6.45, 7) is 4.03. The summed E-state index contributed by atoms with van der Waals surface area (Å²) in [4.78, 5) is 11.6. The lowest BCUT2D eigenvalue weighted by Crippen LogP contribution is -2.28. The van der Waals surface area contributed by atoms with Crippen LogP contribution in [0.1, 0.15) is 25.3 Å². The van der Waals surface area contributed by atoms with Gasteiger partial charge in [-0.15, -0.1) is 0 Å². The molecule has 4 heteroatoms. The van der Waals surface area contributed by atoms with Crippen LogP contribution in [0.25, 0.3) is 0 Å². The molecule has 0 heterocycles. The fourth-order valence-electron chi connectivity index (χ4n) is 1.49. The van der Waals surface area contributed by atoms with Gasteiger partial charge in [-0.3, -0.25) is 4.79 Å². The third-order valence-corrected chi connectivity index (χ3v) is 2.56. The normalized spacial score (nSPS) is 10.3. The van der Waals surface area contributed by atoms with E-state index in [1.165, 1.54) is 0 Å². The van der Waals surface area contributed by atoms with Gasteiger partial charge in [0, 0.05) is 18.8 Å². The van der Waals surface area contributed by atoms with E-state index in [9.17, 15) is 4.79 Å². The smallest absolute Gasteiger partial charge is 0.224 e. The molecule has 0 aliphatic carbocycles. The number of anilines is 1. The molecule has 1 rings (SSSR count). The molecule has 1 aromatic carbocycles. The van der Waals surface area contributed by atoms with Gasteiger partial charge in [0.15, 0.2) is 0 Å². The predicted octanol–water partition coefficient (Wildman–Crippen LogP) is 1.74. The summed E-state index contributed by atoms with van der Waals surface area (Å²) in [6, 6.07) is 7.34. The largest absolute Gasteiger partial charge is 0.399 e. The number of carbonyl (C=O) groups is 1. The summed E-state index contributed by atoms with van der Waals surface area (Å²) in [5.41, 5.74) is 7.26. The SMILES string of the molecule is CCCCOCCNC(=O)Cc1ccc(N)cc1. The quantitative estimate of drug-likeness (QED) is 0.545. The van der Waals surface area contributed by atoms with Gasteiger partial charge in [0.05, 0.1) is 13.0 Å².